The smallest absolute Gasteiger partial charge is 0.247 e. The van der Waals surface area contributed by atoms with E-state index in [0.717, 1.165) is 0 Å². The van der Waals surface area contributed by atoms with E-state index in [2.05, 4.69) is 19.9 Å². The van der Waals surface area contributed by atoms with Gasteiger partial charge in [-0.05, 0) is 12.1 Å². The molecule has 0 atom stereocenters. The first-order valence-corrected chi connectivity index (χ1v) is 6.57. The van der Waals surface area contributed by atoms with Crippen LogP contribution in [0.4, 0.5) is 5.95 Å². The van der Waals surface area contributed by atoms with Gasteiger partial charge in [0.1, 0.15) is 11.2 Å². The standard InChI is InChI=1S/C8H6Cl2N4O2S/c9-5-2-1-3-6(10)7(5)17(15,16)14-8-11-4-12-13-8/h1-4H,(H2,11,12,13,14). The van der Waals surface area contributed by atoms with Crippen molar-refractivity contribution in [1.82, 2.24) is 15.2 Å². The van der Waals surface area contributed by atoms with Crippen molar-refractivity contribution >= 4 is 39.2 Å². The van der Waals surface area contributed by atoms with Gasteiger partial charge in [-0.1, -0.05) is 29.3 Å². The molecule has 0 aliphatic carbocycles. The quantitative estimate of drug-likeness (QED) is 0.904. The van der Waals surface area contributed by atoms with Crippen LogP contribution in [-0.2, 0) is 10.0 Å². The minimum absolute atomic E-state index is 0.0130. The fourth-order valence-electron chi connectivity index (χ4n) is 1.17. The Bertz CT molecular complexity index is 607. The van der Waals surface area contributed by atoms with Crippen LogP contribution < -0.4 is 4.72 Å². The monoisotopic (exact) mass is 292 g/mol. The Kier molecular flexibility index (Phi) is 3.23. The zero-order chi connectivity index (χ0) is 12.5. The van der Waals surface area contributed by atoms with Gasteiger partial charge < -0.3 is 0 Å². The summed E-state index contributed by atoms with van der Waals surface area (Å²) in [5, 5.41) is 5.94. The molecular weight excluding hydrogens is 287 g/mol. The van der Waals surface area contributed by atoms with Crippen LogP contribution in [0.25, 0.3) is 0 Å². The number of nitrogens with one attached hydrogen (secondary N) is 2. The van der Waals surface area contributed by atoms with Crippen LogP contribution >= 0.6 is 23.2 Å². The van der Waals surface area contributed by atoms with Crippen LogP contribution in [0.2, 0.25) is 10.0 Å². The second-order valence-corrected chi connectivity index (χ2v) is 5.42. The second kappa shape index (κ2) is 4.52. The number of nitrogens with zero attached hydrogens (tertiary/aromatic N) is 2. The zero-order valence-electron chi connectivity index (χ0n) is 8.18. The number of aromatic amines is 1. The van der Waals surface area contributed by atoms with Crippen molar-refractivity contribution in [3.05, 3.63) is 34.6 Å². The van der Waals surface area contributed by atoms with E-state index in [1.54, 1.807) is 6.07 Å². The first-order valence-electron chi connectivity index (χ1n) is 4.33. The highest BCUT2D eigenvalue weighted by Crippen LogP contribution is 2.29. The maximum absolute atomic E-state index is 12.0. The van der Waals surface area contributed by atoms with E-state index in [-0.39, 0.29) is 20.9 Å². The molecule has 0 bridgehead atoms. The van der Waals surface area contributed by atoms with E-state index in [9.17, 15) is 8.42 Å². The van der Waals surface area contributed by atoms with Crippen LogP contribution in [-0.4, -0.2) is 23.6 Å². The fraction of sp³-hybridized carbons (Fsp3) is 0. The van der Waals surface area contributed by atoms with Crippen molar-refractivity contribution in [1.29, 1.82) is 0 Å². The lowest BCUT2D eigenvalue weighted by Gasteiger charge is -2.08. The number of H-pyrrole nitrogens is 1. The van der Waals surface area contributed by atoms with Crippen LogP contribution in [0.3, 0.4) is 0 Å². The van der Waals surface area contributed by atoms with Gasteiger partial charge in [0.2, 0.25) is 5.95 Å². The molecular formula is C8H6Cl2N4O2S. The summed E-state index contributed by atoms with van der Waals surface area (Å²) in [7, 11) is -3.89. The van der Waals surface area contributed by atoms with Crippen molar-refractivity contribution in [2.75, 3.05) is 4.72 Å². The summed E-state index contributed by atoms with van der Waals surface area (Å²) in [5.74, 6) is -0.0130. The van der Waals surface area contributed by atoms with E-state index >= 15 is 0 Å². The molecule has 0 fully saturated rings. The molecule has 0 radical (unpaired) electrons. The molecule has 2 N–H and O–H groups in total. The Hall–Kier alpha value is -1.31. The molecule has 2 rings (SSSR count). The molecule has 9 heteroatoms. The molecule has 1 aromatic carbocycles. The number of anilines is 1. The van der Waals surface area contributed by atoms with E-state index in [4.69, 9.17) is 23.2 Å². The van der Waals surface area contributed by atoms with E-state index in [1.807, 2.05) is 0 Å². The van der Waals surface area contributed by atoms with Gasteiger partial charge in [0.25, 0.3) is 10.0 Å². The molecule has 0 amide bonds. The Morgan fingerprint density at radius 1 is 1.24 bits per heavy atom. The summed E-state index contributed by atoms with van der Waals surface area (Å²) in [6.45, 7) is 0. The maximum atomic E-state index is 12.0. The third kappa shape index (κ3) is 2.51. The van der Waals surface area contributed by atoms with Gasteiger partial charge in [0.15, 0.2) is 0 Å². The molecule has 2 aromatic rings. The van der Waals surface area contributed by atoms with E-state index in [0.29, 0.717) is 0 Å². The van der Waals surface area contributed by atoms with Gasteiger partial charge in [-0.2, -0.15) is 10.1 Å². The first kappa shape index (κ1) is 12.2. The highest BCUT2D eigenvalue weighted by atomic mass is 35.5. The highest BCUT2D eigenvalue weighted by Gasteiger charge is 2.22. The van der Waals surface area contributed by atoms with Crippen LogP contribution in [0, 0.1) is 0 Å². The number of hydrogen-bond donors (Lipinski definition) is 2. The summed E-state index contributed by atoms with van der Waals surface area (Å²) < 4.78 is 26.1. The Balaban J connectivity index is 2.45. The molecule has 0 saturated carbocycles. The average Bonchev–Trinajstić information content (AvgIpc) is 2.68. The molecule has 1 heterocycles. The summed E-state index contributed by atoms with van der Waals surface area (Å²) >= 11 is 11.6. The van der Waals surface area contributed by atoms with Crippen LogP contribution in [0.5, 0.6) is 0 Å². The Morgan fingerprint density at radius 3 is 2.41 bits per heavy atom. The summed E-state index contributed by atoms with van der Waals surface area (Å²) in [4.78, 5) is 3.45. The molecule has 17 heavy (non-hydrogen) atoms. The summed E-state index contributed by atoms with van der Waals surface area (Å²) in [6, 6.07) is 4.42. The van der Waals surface area contributed by atoms with Crippen molar-refractivity contribution in [3.8, 4) is 0 Å². The summed E-state index contributed by atoms with van der Waals surface area (Å²) in [5.41, 5.74) is 0. The van der Waals surface area contributed by atoms with Crippen molar-refractivity contribution in [3.63, 3.8) is 0 Å². The SMILES string of the molecule is O=S(=O)(Nc1ncn[nH]1)c1c(Cl)cccc1Cl. The fourth-order valence-corrected chi connectivity index (χ4v) is 3.28. The largest absolute Gasteiger partial charge is 0.267 e. The number of halogens is 2. The lowest BCUT2D eigenvalue weighted by molar-refractivity contribution is 0.601. The van der Waals surface area contributed by atoms with Gasteiger partial charge in [-0.3, -0.25) is 0 Å². The number of hydrogen-bond acceptors (Lipinski definition) is 4. The molecule has 0 spiro atoms. The molecule has 90 valence electrons. The average molecular weight is 293 g/mol. The van der Waals surface area contributed by atoms with Gasteiger partial charge in [0, 0.05) is 0 Å². The second-order valence-electron chi connectivity index (χ2n) is 2.99. The van der Waals surface area contributed by atoms with Crippen molar-refractivity contribution < 1.29 is 8.42 Å². The van der Waals surface area contributed by atoms with Gasteiger partial charge >= 0.3 is 0 Å². The van der Waals surface area contributed by atoms with Gasteiger partial charge in [0.05, 0.1) is 10.0 Å². The van der Waals surface area contributed by atoms with Gasteiger partial charge in [-0.25, -0.2) is 18.2 Å². The van der Waals surface area contributed by atoms with Crippen LogP contribution in [0.1, 0.15) is 0 Å². The van der Waals surface area contributed by atoms with E-state index in [1.165, 1.54) is 18.5 Å². The van der Waals surface area contributed by atoms with Gasteiger partial charge in [-0.15, -0.1) is 0 Å². The predicted octanol–water partition coefficient (Wildman–Crippen LogP) is 1.91. The number of aromatic nitrogens is 3. The molecule has 0 aliphatic rings. The molecule has 1 aromatic heterocycles. The minimum Gasteiger partial charge on any atom is -0.247 e. The third-order valence-electron chi connectivity index (χ3n) is 1.83. The van der Waals surface area contributed by atoms with Crippen molar-refractivity contribution in [2.45, 2.75) is 4.90 Å². The highest BCUT2D eigenvalue weighted by molar-refractivity contribution is 7.93. The minimum atomic E-state index is -3.89. The zero-order valence-corrected chi connectivity index (χ0v) is 10.5. The Morgan fingerprint density at radius 2 is 1.88 bits per heavy atom. The molecule has 0 saturated heterocycles. The first-order chi connectivity index (χ1) is 8.00. The third-order valence-corrected chi connectivity index (χ3v) is 4.13. The lowest BCUT2D eigenvalue weighted by Crippen LogP contribution is -2.15. The molecule has 0 unspecified atom stereocenters. The number of rotatable bonds is 3. The number of benzene rings is 1. The lowest BCUT2D eigenvalue weighted by atomic mass is 10.4. The maximum Gasteiger partial charge on any atom is 0.267 e. The Labute approximate surface area is 107 Å². The predicted molar refractivity (Wildman–Crippen MR) is 63.7 cm³/mol. The molecule has 0 aliphatic heterocycles. The van der Waals surface area contributed by atoms with Crippen LogP contribution in [0.15, 0.2) is 29.4 Å². The van der Waals surface area contributed by atoms with Crippen molar-refractivity contribution in [2.24, 2.45) is 0 Å². The topological polar surface area (TPSA) is 87.7 Å². The molecule has 6 nitrogen and oxygen atoms in total. The normalized spacial score (nSPS) is 11.4. The summed E-state index contributed by atoms with van der Waals surface area (Å²) in [6.07, 6.45) is 1.17. The number of sulfonamides is 1. The van der Waals surface area contributed by atoms with E-state index < -0.39 is 10.0 Å².